The number of nitrogen functional groups attached to an aromatic ring is 1. The van der Waals surface area contributed by atoms with Crippen molar-refractivity contribution in [3.05, 3.63) is 53.7 Å². The number of alkyl halides is 3. The predicted octanol–water partition coefficient (Wildman–Crippen LogP) is 3.32. The lowest BCUT2D eigenvalue weighted by atomic mass is 10.2. The van der Waals surface area contributed by atoms with Gasteiger partial charge in [-0.3, -0.25) is 0 Å². The zero-order valence-electron chi connectivity index (χ0n) is 10.9. The summed E-state index contributed by atoms with van der Waals surface area (Å²) in [4.78, 5) is 5.60. The molecule has 0 saturated heterocycles. The average molecular weight is 281 g/mol. The summed E-state index contributed by atoms with van der Waals surface area (Å²) in [5.74, 6) is 0.473. The van der Waals surface area contributed by atoms with Gasteiger partial charge in [0.1, 0.15) is 5.82 Å². The Bertz CT molecular complexity index is 579. The fourth-order valence-corrected chi connectivity index (χ4v) is 1.83. The molecule has 1 aromatic heterocycles. The Labute approximate surface area is 114 Å². The molecule has 2 N–H and O–H groups in total. The molecule has 0 aliphatic heterocycles. The summed E-state index contributed by atoms with van der Waals surface area (Å²) in [5.41, 5.74) is 6.55. The van der Waals surface area contributed by atoms with Crippen LogP contribution in [0, 0.1) is 0 Å². The Morgan fingerprint density at radius 1 is 1.20 bits per heavy atom. The van der Waals surface area contributed by atoms with E-state index in [9.17, 15) is 13.2 Å². The highest BCUT2D eigenvalue weighted by molar-refractivity contribution is 5.44. The molecule has 0 spiro atoms. The van der Waals surface area contributed by atoms with Gasteiger partial charge in [0.15, 0.2) is 0 Å². The molecular formula is C14H14F3N3. The topological polar surface area (TPSA) is 42.1 Å². The molecule has 0 saturated carbocycles. The van der Waals surface area contributed by atoms with Gasteiger partial charge < -0.3 is 10.6 Å². The maximum absolute atomic E-state index is 12.4. The SMILES string of the molecule is CN(Cc1cccc(N)c1)c1ccc(C(F)(F)F)cn1. The Kier molecular flexibility index (Phi) is 3.83. The number of anilines is 2. The van der Waals surface area contributed by atoms with E-state index in [1.807, 2.05) is 18.2 Å². The highest BCUT2D eigenvalue weighted by Crippen LogP contribution is 2.29. The molecular weight excluding hydrogens is 267 g/mol. The summed E-state index contributed by atoms with van der Waals surface area (Å²) in [7, 11) is 1.76. The van der Waals surface area contributed by atoms with Crippen molar-refractivity contribution < 1.29 is 13.2 Å². The van der Waals surface area contributed by atoms with E-state index in [-0.39, 0.29) is 0 Å². The fourth-order valence-electron chi connectivity index (χ4n) is 1.83. The van der Waals surface area contributed by atoms with Gasteiger partial charge in [-0.2, -0.15) is 13.2 Å². The number of nitrogens with zero attached hydrogens (tertiary/aromatic N) is 2. The lowest BCUT2D eigenvalue weighted by molar-refractivity contribution is -0.137. The third-order valence-electron chi connectivity index (χ3n) is 2.84. The van der Waals surface area contributed by atoms with Crippen molar-refractivity contribution in [3.8, 4) is 0 Å². The van der Waals surface area contributed by atoms with E-state index >= 15 is 0 Å². The maximum atomic E-state index is 12.4. The van der Waals surface area contributed by atoms with Crippen LogP contribution in [0.2, 0.25) is 0 Å². The van der Waals surface area contributed by atoms with Crippen molar-refractivity contribution in [2.45, 2.75) is 12.7 Å². The van der Waals surface area contributed by atoms with E-state index in [1.54, 1.807) is 18.0 Å². The maximum Gasteiger partial charge on any atom is 0.417 e. The molecule has 20 heavy (non-hydrogen) atoms. The van der Waals surface area contributed by atoms with E-state index in [2.05, 4.69) is 4.98 Å². The quantitative estimate of drug-likeness (QED) is 0.878. The van der Waals surface area contributed by atoms with Crippen LogP contribution >= 0.6 is 0 Å². The average Bonchev–Trinajstić information content (AvgIpc) is 2.38. The van der Waals surface area contributed by atoms with E-state index < -0.39 is 11.7 Å². The van der Waals surface area contributed by atoms with Gasteiger partial charge in [-0.1, -0.05) is 12.1 Å². The molecule has 3 nitrogen and oxygen atoms in total. The monoisotopic (exact) mass is 281 g/mol. The first kappa shape index (κ1) is 14.2. The summed E-state index contributed by atoms with van der Waals surface area (Å²) < 4.78 is 37.3. The van der Waals surface area contributed by atoms with Gasteiger partial charge in [0.2, 0.25) is 0 Å². The lowest BCUT2D eigenvalue weighted by Crippen LogP contribution is -2.18. The van der Waals surface area contributed by atoms with Gasteiger partial charge in [0.25, 0.3) is 0 Å². The van der Waals surface area contributed by atoms with Gasteiger partial charge in [-0.15, -0.1) is 0 Å². The number of rotatable bonds is 3. The number of hydrogen-bond acceptors (Lipinski definition) is 3. The first-order valence-corrected chi connectivity index (χ1v) is 5.95. The summed E-state index contributed by atoms with van der Waals surface area (Å²) in [6.45, 7) is 0.517. The van der Waals surface area contributed by atoms with Crippen molar-refractivity contribution >= 4 is 11.5 Å². The van der Waals surface area contributed by atoms with Gasteiger partial charge in [0, 0.05) is 25.5 Å². The summed E-state index contributed by atoms with van der Waals surface area (Å²) >= 11 is 0. The first-order valence-electron chi connectivity index (χ1n) is 5.95. The number of aromatic nitrogens is 1. The number of nitrogens with two attached hydrogens (primary N) is 1. The van der Waals surface area contributed by atoms with Crippen LogP contribution in [0.5, 0.6) is 0 Å². The van der Waals surface area contributed by atoms with Gasteiger partial charge >= 0.3 is 6.18 Å². The van der Waals surface area contributed by atoms with Crippen LogP contribution in [0.15, 0.2) is 42.6 Å². The largest absolute Gasteiger partial charge is 0.417 e. The van der Waals surface area contributed by atoms with Crippen LogP contribution in [-0.2, 0) is 12.7 Å². The number of pyridine rings is 1. The molecule has 0 bridgehead atoms. The molecule has 0 unspecified atom stereocenters. The first-order chi connectivity index (χ1) is 9.36. The minimum absolute atomic E-state index is 0.473. The zero-order valence-corrected chi connectivity index (χ0v) is 10.9. The summed E-state index contributed by atoms with van der Waals surface area (Å²) in [5, 5.41) is 0. The second-order valence-electron chi connectivity index (χ2n) is 4.50. The molecule has 0 aliphatic rings. The summed E-state index contributed by atoms with van der Waals surface area (Å²) in [6, 6.07) is 9.71. The van der Waals surface area contributed by atoms with Crippen molar-refractivity contribution in [1.82, 2.24) is 4.98 Å². The summed E-state index contributed by atoms with van der Waals surface area (Å²) in [6.07, 6.45) is -3.52. The fraction of sp³-hybridized carbons (Fsp3) is 0.214. The third kappa shape index (κ3) is 3.40. The second-order valence-corrected chi connectivity index (χ2v) is 4.50. The van der Waals surface area contributed by atoms with Crippen molar-refractivity contribution in [3.63, 3.8) is 0 Å². The van der Waals surface area contributed by atoms with Crippen LogP contribution in [0.25, 0.3) is 0 Å². The third-order valence-corrected chi connectivity index (χ3v) is 2.84. The van der Waals surface area contributed by atoms with Crippen molar-refractivity contribution in [2.75, 3.05) is 17.7 Å². The zero-order chi connectivity index (χ0) is 14.8. The van der Waals surface area contributed by atoms with E-state index in [4.69, 9.17) is 5.73 Å². The smallest absolute Gasteiger partial charge is 0.399 e. The molecule has 0 amide bonds. The minimum atomic E-state index is -4.36. The Balaban J connectivity index is 2.11. The molecule has 2 rings (SSSR count). The van der Waals surface area contributed by atoms with Gasteiger partial charge in [0.05, 0.1) is 5.56 Å². The normalized spacial score (nSPS) is 11.4. The highest BCUT2D eigenvalue weighted by atomic mass is 19.4. The minimum Gasteiger partial charge on any atom is -0.399 e. The molecule has 2 aromatic rings. The molecule has 6 heteroatoms. The molecule has 1 aromatic carbocycles. The Hall–Kier alpha value is -2.24. The lowest BCUT2D eigenvalue weighted by Gasteiger charge is -2.19. The molecule has 0 aliphatic carbocycles. The van der Waals surface area contributed by atoms with E-state index in [0.29, 0.717) is 18.1 Å². The Morgan fingerprint density at radius 2 is 1.95 bits per heavy atom. The van der Waals surface area contributed by atoms with Crippen molar-refractivity contribution in [1.29, 1.82) is 0 Å². The number of hydrogen-bond donors (Lipinski definition) is 1. The second kappa shape index (κ2) is 5.40. The Morgan fingerprint density at radius 3 is 2.50 bits per heavy atom. The van der Waals surface area contributed by atoms with E-state index in [1.165, 1.54) is 6.07 Å². The van der Waals surface area contributed by atoms with Crippen LogP contribution in [0.3, 0.4) is 0 Å². The van der Waals surface area contributed by atoms with Crippen LogP contribution < -0.4 is 10.6 Å². The van der Waals surface area contributed by atoms with Crippen LogP contribution in [0.4, 0.5) is 24.7 Å². The predicted molar refractivity (Wildman–Crippen MR) is 72.2 cm³/mol. The van der Waals surface area contributed by atoms with Crippen LogP contribution in [-0.4, -0.2) is 12.0 Å². The molecule has 0 atom stereocenters. The molecule has 1 heterocycles. The van der Waals surface area contributed by atoms with Crippen LogP contribution in [0.1, 0.15) is 11.1 Å². The van der Waals surface area contributed by atoms with Gasteiger partial charge in [-0.05, 0) is 29.8 Å². The molecule has 0 fully saturated rings. The van der Waals surface area contributed by atoms with E-state index in [0.717, 1.165) is 17.8 Å². The van der Waals surface area contributed by atoms with Crippen molar-refractivity contribution in [2.24, 2.45) is 0 Å². The molecule has 106 valence electrons. The van der Waals surface area contributed by atoms with Gasteiger partial charge in [-0.25, -0.2) is 4.98 Å². The highest BCUT2D eigenvalue weighted by Gasteiger charge is 2.30. The number of benzene rings is 1. The number of halogens is 3. The molecule has 0 radical (unpaired) electrons. The standard InChI is InChI=1S/C14H14F3N3/c1-20(9-10-3-2-4-12(18)7-10)13-6-5-11(8-19-13)14(15,16)17/h2-8H,9,18H2,1H3.